The van der Waals surface area contributed by atoms with Gasteiger partial charge in [0.25, 0.3) is 12.3 Å². The minimum Gasteiger partial charge on any atom is -0.488 e. The SMILES string of the molecule is NC(COc1ccccc1F)C(=O)N1CCC2=NN(CC(F)F)C(=O)C2(Cc2ccccn2)C1. The van der Waals surface area contributed by atoms with Crippen molar-refractivity contribution in [3.63, 3.8) is 0 Å². The second-order valence-electron chi connectivity index (χ2n) is 8.26. The summed E-state index contributed by atoms with van der Waals surface area (Å²) in [6, 6.07) is 9.85. The van der Waals surface area contributed by atoms with Gasteiger partial charge >= 0.3 is 0 Å². The van der Waals surface area contributed by atoms with Crippen LogP contribution in [-0.2, 0) is 16.0 Å². The normalized spacial score (nSPS) is 20.9. The molecule has 0 spiro atoms. The van der Waals surface area contributed by atoms with Gasteiger partial charge in [-0.2, -0.15) is 5.10 Å². The number of ether oxygens (including phenoxy) is 1. The molecule has 180 valence electrons. The first-order valence-corrected chi connectivity index (χ1v) is 10.8. The Balaban J connectivity index is 1.52. The van der Waals surface area contributed by atoms with Gasteiger partial charge in [-0.3, -0.25) is 14.6 Å². The molecule has 0 bridgehead atoms. The monoisotopic (exact) mass is 475 g/mol. The van der Waals surface area contributed by atoms with Gasteiger partial charge in [-0.25, -0.2) is 18.2 Å². The summed E-state index contributed by atoms with van der Waals surface area (Å²) in [5.41, 5.74) is 5.75. The van der Waals surface area contributed by atoms with Crippen LogP contribution >= 0.6 is 0 Å². The first kappa shape index (κ1) is 23.7. The Morgan fingerprint density at radius 1 is 1.21 bits per heavy atom. The Labute approximate surface area is 194 Å². The molecule has 1 aromatic carbocycles. The van der Waals surface area contributed by atoms with Gasteiger partial charge in [-0.1, -0.05) is 18.2 Å². The van der Waals surface area contributed by atoms with Crippen molar-refractivity contribution >= 4 is 17.5 Å². The van der Waals surface area contributed by atoms with E-state index in [2.05, 4.69) is 10.1 Å². The number of carbonyl (C=O) groups excluding carboxylic acids is 2. The number of carbonyl (C=O) groups is 2. The van der Waals surface area contributed by atoms with E-state index >= 15 is 0 Å². The van der Waals surface area contributed by atoms with Crippen LogP contribution in [0.25, 0.3) is 0 Å². The fraction of sp³-hybridized carbons (Fsp3) is 0.391. The average molecular weight is 475 g/mol. The molecule has 2 N–H and O–H groups in total. The van der Waals surface area contributed by atoms with Crippen molar-refractivity contribution in [1.29, 1.82) is 0 Å². The molecule has 2 aliphatic heterocycles. The highest BCUT2D eigenvalue weighted by molar-refractivity contribution is 6.13. The third-order valence-corrected chi connectivity index (χ3v) is 5.92. The van der Waals surface area contributed by atoms with Gasteiger partial charge in [-0.15, -0.1) is 0 Å². The van der Waals surface area contributed by atoms with Crippen LogP contribution < -0.4 is 10.5 Å². The summed E-state index contributed by atoms with van der Waals surface area (Å²) in [6.45, 7) is -0.954. The summed E-state index contributed by atoms with van der Waals surface area (Å²) in [4.78, 5) is 32.1. The maximum atomic E-state index is 13.8. The second-order valence-corrected chi connectivity index (χ2v) is 8.26. The number of hydrazone groups is 1. The number of amides is 2. The molecule has 1 aromatic heterocycles. The molecule has 34 heavy (non-hydrogen) atoms. The molecule has 2 unspecified atom stereocenters. The van der Waals surface area contributed by atoms with Crippen LogP contribution in [0.1, 0.15) is 12.1 Å². The largest absolute Gasteiger partial charge is 0.488 e. The van der Waals surface area contributed by atoms with E-state index in [1.807, 2.05) is 0 Å². The molecular weight excluding hydrogens is 451 g/mol. The highest BCUT2D eigenvalue weighted by atomic mass is 19.3. The van der Waals surface area contributed by atoms with Crippen molar-refractivity contribution in [3.05, 3.63) is 60.2 Å². The lowest BCUT2D eigenvalue weighted by Crippen LogP contribution is -2.59. The number of alkyl halides is 2. The minimum absolute atomic E-state index is 0.0287. The van der Waals surface area contributed by atoms with Gasteiger partial charge in [0, 0.05) is 37.8 Å². The predicted molar refractivity (Wildman–Crippen MR) is 117 cm³/mol. The topological polar surface area (TPSA) is 101 Å². The lowest BCUT2D eigenvalue weighted by atomic mass is 9.74. The number of para-hydroxylation sites is 1. The van der Waals surface area contributed by atoms with E-state index in [0.29, 0.717) is 11.4 Å². The highest BCUT2D eigenvalue weighted by Crippen LogP contribution is 2.38. The Morgan fingerprint density at radius 3 is 2.68 bits per heavy atom. The van der Waals surface area contributed by atoms with Crippen LogP contribution in [0.15, 0.2) is 53.8 Å². The lowest BCUT2D eigenvalue weighted by molar-refractivity contribution is -0.142. The number of halogens is 3. The molecule has 1 fully saturated rings. The molecule has 1 saturated heterocycles. The van der Waals surface area contributed by atoms with Crippen molar-refractivity contribution in [1.82, 2.24) is 14.9 Å². The standard InChI is InChI=1S/C23H24F3N5O3/c24-16-6-1-2-7-18(16)34-13-17(27)21(32)30-10-8-19-23(14-30,11-15-5-3-4-9-28-15)22(33)31(29-19)12-20(25)26/h1-7,9,17,20H,8,10-14,27H2. The first-order valence-electron chi connectivity index (χ1n) is 10.8. The molecule has 2 aliphatic rings. The number of likely N-dealkylation sites (tertiary alicyclic amines) is 1. The van der Waals surface area contributed by atoms with E-state index in [4.69, 9.17) is 10.5 Å². The Morgan fingerprint density at radius 2 is 1.97 bits per heavy atom. The van der Waals surface area contributed by atoms with Crippen LogP contribution in [0.4, 0.5) is 13.2 Å². The number of rotatable bonds is 8. The predicted octanol–water partition coefficient (Wildman–Crippen LogP) is 1.85. The van der Waals surface area contributed by atoms with Crippen molar-refractivity contribution < 1.29 is 27.5 Å². The van der Waals surface area contributed by atoms with Crippen LogP contribution in [0, 0.1) is 11.2 Å². The van der Waals surface area contributed by atoms with Crippen molar-refractivity contribution in [2.24, 2.45) is 16.3 Å². The lowest BCUT2D eigenvalue weighted by Gasteiger charge is -2.40. The van der Waals surface area contributed by atoms with Crippen LogP contribution in [0.2, 0.25) is 0 Å². The summed E-state index contributed by atoms with van der Waals surface area (Å²) in [7, 11) is 0. The number of benzene rings is 1. The van der Waals surface area contributed by atoms with E-state index in [1.54, 1.807) is 30.5 Å². The average Bonchev–Trinajstić information content (AvgIpc) is 3.08. The molecule has 3 heterocycles. The van der Waals surface area contributed by atoms with Crippen molar-refractivity contribution in [3.8, 4) is 5.75 Å². The summed E-state index contributed by atoms with van der Waals surface area (Å²) >= 11 is 0. The fourth-order valence-corrected chi connectivity index (χ4v) is 4.29. The number of nitrogens with two attached hydrogens (primary N) is 1. The number of hydrogen-bond donors (Lipinski definition) is 1. The van der Waals surface area contributed by atoms with Crippen LogP contribution in [0.5, 0.6) is 5.75 Å². The van der Waals surface area contributed by atoms with E-state index in [9.17, 15) is 22.8 Å². The molecule has 11 heteroatoms. The van der Waals surface area contributed by atoms with E-state index in [1.165, 1.54) is 23.1 Å². The molecule has 4 rings (SSSR count). The van der Waals surface area contributed by atoms with Gasteiger partial charge < -0.3 is 15.4 Å². The zero-order valence-electron chi connectivity index (χ0n) is 18.2. The highest BCUT2D eigenvalue weighted by Gasteiger charge is 2.55. The second kappa shape index (κ2) is 9.80. The molecule has 0 radical (unpaired) electrons. The van der Waals surface area contributed by atoms with Gasteiger partial charge in [0.05, 0.1) is 5.71 Å². The van der Waals surface area contributed by atoms with Gasteiger partial charge in [-0.05, 0) is 24.3 Å². The quantitative estimate of drug-likeness (QED) is 0.628. The maximum absolute atomic E-state index is 13.8. The zero-order valence-corrected chi connectivity index (χ0v) is 18.2. The number of aromatic nitrogens is 1. The summed E-state index contributed by atoms with van der Waals surface area (Å²) in [6.07, 6.45) is -0.844. The third kappa shape index (κ3) is 4.74. The van der Waals surface area contributed by atoms with Crippen molar-refractivity contribution in [2.75, 3.05) is 26.2 Å². The fourth-order valence-electron chi connectivity index (χ4n) is 4.29. The minimum atomic E-state index is -2.75. The first-order chi connectivity index (χ1) is 16.3. The number of fused-ring (bicyclic) bond motifs is 1. The number of pyridine rings is 1. The van der Waals surface area contributed by atoms with E-state index in [-0.39, 0.29) is 38.3 Å². The van der Waals surface area contributed by atoms with Crippen LogP contribution in [0.3, 0.4) is 0 Å². The van der Waals surface area contributed by atoms with Gasteiger partial charge in [0.1, 0.15) is 24.6 Å². The van der Waals surface area contributed by atoms with Crippen LogP contribution in [-0.4, -0.2) is 71.1 Å². The Bertz CT molecular complexity index is 1080. The van der Waals surface area contributed by atoms with Crippen molar-refractivity contribution in [2.45, 2.75) is 25.3 Å². The number of nitrogens with zero attached hydrogens (tertiary/aromatic N) is 4. The molecular formula is C23H24F3N5O3. The molecule has 8 nitrogen and oxygen atoms in total. The Kier molecular flexibility index (Phi) is 6.82. The van der Waals surface area contributed by atoms with E-state index < -0.39 is 42.1 Å². The zero-order chi connectivity index (χ0) is 24.3. The molecule has 2 amide bonds. The molecule has 2 aromatic rings. The summed E-state index contributed by atoms with van der Waals surface area (Å²) in [5, 5.41) is 4.97. The maximum Gasteiger partial charge on any atom is 0.258 e. The van der Waals surface area contributed by atoms with Gasteiger partial charge in [0.15, 0.2) is 11.6 Å². The molecule has 0 aliphatic carbocycles. The third-order valence-electron chi connectivity index (χ3n) is 5.92. The summed E-state index contributed by atoms with van der Waals surface area (Å²) < 4.78 is 45.3. The van der Waals surface area contributed by atoms with Gasteiger partial charge in [0.2, 0.25) is 5.91 Å². The number of hydrogen-bond acceptors (Lipinski definition) is 6. The molecule has 2 atom stereocenters. The van der Waals surface area contributed by atoms with E-state index in [0.717, 1.165) is 5.01 Å². The Hall–Kier alpha value is -3.47. The molecule has 0 saturated carbocycles. The number of piperidine rings is 1. The smallest absolute Gasteiger partial charge is 0.258 e. The summed E-state index contributed by atoms with van der Waals surface area (Å²) in [5.74, 6) is -1.69.